The second-order valence-corrected chi connectivity index (χ2v) is 9.66. The molecule has 2 aromatic carbocycles. The quantitative estimate of drug-likeness (QED) is 0.335. The minimum Gasteiger partial charge on any atom is -0.507 e. The van der Waals surface area contributed by atoms with Crippen molar-refractivity contribution in [2.75, 3.05) is 34.3 Å². The maximum atomic E-state index is 13.2. The van der Waals surface area contributed by atoms with Crippen LogP contribution in [0.2, 0.25) is 0 Å². The van der Waals surface area contributed by atoms with E-state index in [0.29, 0.717) is 28.6 Å². The molecule has 0 saturated carbocycles. The van der Waals surface area contributed by atoms with E-state index >= 15 is 0 Å². The smallest absolute Gasteiger partial charge is 0.295 e. The predicted molar refractivity (Wildman–Crippen MR) is 130 cm³/mol. The number of hydrogen-bond donors (Lipinski definition) is 2. The summed E-state index contributed by atoms with van der Waals surface area (Å²) in [4.78, 5) is 29.7. The van der Waals surface area contributed by atoms with Crippen molar-refractivity contribution >= 4 is 33.4 Å². The number of aromatic hydroxyl groups is 1. The fourth-order valence-corrected chi connectivity index (χ4v) is 4.86. The van der Waals surface area contributed by atoms with Crippen LogP contribution in [0.4, 0.5) is 0 Å². The highest BCUT2D eigenvalue weighted by atomic mass is 79.9. The number of methoxy groups -OCH3 is 1. The summed E-state index contributed by atoms with van der Waals surface area (Å²) in [5.74, 6) is -0.847. The van der Waals surface area contributed by atoms with Gasteiger partial charge in [0.1, 0.15) is 17.6 Å². The first-order valence-electron chi connectivity index (χ1n) is 10.9. The van der Waals surface area contributed by atoms with Gasteiger partial charge < -0.3 is 29.5 Å². The Morgan fingerprint density at radius 1 is 1.26 bits per heavy atom. The van der Waals surface area contributed by atoms with Gasteiger partial charge in [-0.05, 0) is 78.4 Å². The van der Waals surface area contributed by atoms with Gasteiger partial charge in [-0.2, -0.15) is 0 Å². The van der Waals surface area contributed by atoms with Crippen LogP contribution in [-0.2, 0) is 16.0 Å². The number of likely N-dealkylation sites (tertiary alicyclic amines) is 1. The molecule has 2 aromatic rings. The molecule has 2 aliphatic heterocycles. The van der Waals surface area contributed by atoms with Crippen molar-refractivity contribution in [2.24, 2.45) is 0 Å². The summed E-state index contributed by atoms with van der Waals surface area (Å²) in [5.41, 5.74) is 1.90. The fourth-order valence-electron chi connectivity index (χ4n) is 4.40. The molecule has 34 heavy (non-hydrogen) atoms. The fraction of sp³-hybridized carbons (Fsp3) is 0.360. The number of halogens is 1. The van der Waals surface area contributed by atoms with Gasteiger partial charge in [0.15, 0.2) is 11.5 Å². The van der Waals surface area contributed by atoms with Crippen molar-refractivity contribution in [3.05, 3.63) is 57.1 Å². The van der Waals surface area contributed by atoms with Crippen LogP contribution in [-0.4, -0.2) is 72.1 Å². The molecule has 2 atom stereocenters. The van der Waals surface area contributed by atoms with E-state index in [1.165, 1.54) is 12.0 Å². The Bertz CT molecular complexity index is 1190. The highest BCUT2D eigenvalue weighted by molar-refractivity contribution is 9.10. The Balaban J connectivity index is 1.87. The van der Waals surface area contributed by atoms with Gasteiger partial charge in [-0.15, -0.1) is 0 Å². The molecule has 2 unspecified atom stereocenters. The number of ether oxygens (including phenoxy) is 2. The monoisotopic (exact) mass is 530 g/mol. The van der Waals surface area contributed by atoms with Crippen LogP contribution in [0.15, 0.2) is 40.4 Å². The molecule has 0 bridgehead atoms. The summed E-state index contributed by atoms with van der Waals surface area (Å²) in [6.45, 7) is 2.76. The number of fused-ring (bicyclic) bond motifs is 1. The first kappa shape index (κ1) is 24.1. The SMILES string of the molecule is COc1cc(C2/C(=C(\O)c3ccc4c(c3)CC(C)O4)C(=O)C(=O)N2CCN(C)C)cc(Br)c1O. The maximum absolute atomic E-state index is 13.2. The largest absolute Gasteiger partial charge is 0.507 e. The van der Waals surface area contributed by atoms with Gasteiger partial charge in [-0.25, -0.2) is 0 Å². The molecule has 2 N–H and O–H groups in total. The molecule has 1 fully saturated rings. The standard InChI is InChI=1S/C25H27BrN2O6/c1-13-9-15-10-14(5-6-18(15)34-13)22(29)20-21(16-11-17(26)23(30)19(12-16)33-4)28(8-7-27(2)3)25(32)24(20)31/h5-6,10-13,21,29-30H,7-9H2,1-4H3/b22-20+. The molecule has 1 amide bonds. The van der Waals surface area contributed by atoms with Gasteiger partial charge in [0, 0.05) is 25.1 Å². The Morgan fingerprint density at radius 3 is 2.68 bits per heavy atom. The van der Waals surface area contributed by atoms with Gasteiger partial charge >= 0.3 is 0 Å². The third kappa shape index (κ3) is 4.25. The maximum Gasteiger partial charge on any atom is 0.295 e. The van der Waals surface area contributed by atoms with Crippen LogP contribution in [0.25, 0.3) is 5.76 Å². The van der Waals surface area contributed by atoms with E-state index < -0.39 is 17.7 Å². The third-order valence-corrected chi connectivity index (χ3v) is 6.69. The van der Waals surface area contributed by atoms with Crippen molar-refractivity contribution in [1.29, 1.82) is 0 Å². The zero-order valence-corrected chi connectivity index (χ0v) is 21.0. The lowest BCUT2D eigenvalue weighted by Gasteiger charge is -2.27. The number of ketones is 1. The van der Waals surface area contributed by atoms with Crippen LogP contribution in [0.5, 0.6) is 17.2 Å². The van der Waals surface area contributed by atoms with E-state index in [2.05, 4.69) is 15.9 Å². The van der Waals surface area contributed by atoms with Gasteiger partial charge in [0.2, 0.25) is 0 Å². The van der Waals surface area contributed by atoms with Crippen molar-refractivity contribution < 1.29 is 29.3 Å². The number of aliphatic hydroxyl groups excluding tert-OH is 1. The molecular formula is C25H27BrN2O6. The normalized spacial score (nSPS) is 21.2. The molecule has 0 spiro atoms. The van der Waals surface area contributed by atoms with E-state index in [1.807, 2.05) is 25.9 Å². The predicted octanol–water partition coefficient (Wildman–Crippen LogP) is 3.47. The number of phenolic OH excluding ortho intramolecular Hbond substituents is 1. The summed E-state index contributed by atoms with van der Waals surface area (Å²) in [6, 6.07) is 7.60. The first-order valence-corrected chi connectivity index (χ1v) is 11.7. The summed E-state index contributed by atoms with van der Waals surface area (Å²) in [5, 5.41) is 21.6. The second-order valence-electron chi connectivity index (χ2n) is 8.80. The lowest BCUT2D eigenvalue weighted by Crippen LogP contribution is -2.35. The van der Waals surface area contributed by atoms with Gasteiger partial charge in [0.25, 0.3) is 11.7 Å². The topological polar surface area (TPSA) is 99.5 Å². The van der Waals surface area contributed by atoms with E-state index in [4.69, 9.17) is 9.47 Å². The highest BCUT2D eigenvalue weighted by Gasteiger charge is 2.46. The molecule has 1 saturated heterocycles. The van der Waals surface area contributed by atoms with E-state index in [9.17, 15) is 19.8 Å². The number of Topliss-reactive ketones (excluding diaryl/α,β-unsaturated/α-hetero) is 1. The zero-order chi connectivity index (χ0) is 24.7. The first-order chi connectivity index (χ1) is 16.1. The van der Waals surface area contributed by atoms with Crippen molar-refractivity contribution in [3.8, 4) is 17.2 Å². The van der Waals surface area contributed by atoms with Crippen LogP contribution >= 0.6 is 15.9 Å². The lowest BCUT2D eigenvalue weighted by atomic mass is 9.94. The molecule has 2 aliphatic rings. The molecule has 0 aliphatic carbocycles. The van der Waals surface area contributed by atoms with Gasteiger partial charge in [0.05, 0.1) is 23.2 Å². The Kier molecular flexibility index (Phi) is 6.60. The summed E-state index contributed by atoms with van der Waals surface area (Å²) in [7, 11) is 5.17. The lowest BCUT2D eigenvalue weighted by molar-refractivity contribution is -0.140. The summed E-state index contributed by atoms with van der Waals surface area (Å²) >= 11 is 3.32. The van der Waals surface area contributed by atoms with E-state index in [-0.39, 0.29) is 35.5 Å². The second kappa shape index (κ2) is 9.31. The Labute approximate surface area is 206 Å². The van der Waals surface area contributed by atoms with Crippen molar-refractivity contribution in [3.63, 3.8) is 0 Å². The van der Waals surface area contributed by atoms with Crippen molar-refractivity contribution in [1.82, 2.24) is 9.80 Å². The van der Waals surface area contributed by atoms with Crippen LogP contribution in [0.1, 0.15) is 29.7 Å². The number of carbonyl (C=O) groups is 2. The number of nitrogens with zero attached hydrogens (tertiary/aromatic N) is 2. The number of hydrogen-bond acceptors (Lipinski definition) is 7. The van der Waals surface area contributed by atoms with Gasteiger partial charge in [-0.1, -0.05) is 0 Å². The zero-order valence-electron chi connectivity index (χ0n) is 19.5. The molecule has 9 heteroatoms. The number of amides is 1. The minimum absolute atomic E-state index is 0.00434. The Morgan fingerprint density at radius 2 is 2.00 bits per heavy atom. The number of rotatable bonds is 6. The molecule has 4 rings (SSSR count). The average Bonchev–Trinajstić information content (AvgIpc) is 3.29. The van der Waals surface area contributed by atoms with E-state index in [1.54, 1.807) is 30.3 Å². The molecule has 0 radical (unpaired) electrons. The number of likely N-dealkylation sites (N-methyl/N-ethyl adjacent to an activating group) is 1. The number of phenols is 1. The number of aliphatic hydroxyl groups is 1. The molecule has 8 nitrogen and oxygen atoms in total. The Hall–Kier alpha value is -3.04. The van der Waals surface area contributed by atoms with E-state index in [0.717, 1.165) is 11.3 Å². The molecule has 0 aromatic heterocycles. The summed E-state index contributed by atoms with van der Waals surface area (Å²) in [6.07, 6.45) is 0.727. The van der Waals surface area contributed by atoms with Crippen LogP contribution in [0.3, 0.4) is 0 Å². The van der Waals surface area contributed by atoms with Gasteiger partial charge in [-0.3, -0.25) is 9.59 Å². The molecule has 2 heterocycles. The minimum atomic E-state index is -0.853. The highest BCUT2D eigenvalue weighted by Crippen LogP contribution is 2.44. The molecule has 180 valence electrons. The summed E-state index contributed by atoms with van der Waals surface area (Å²) < 4.78 is 11.4. The average molecular weight is 531 g/mol. The molecular weight excluding hydrogens is 504 g/mol. The van der Waals surface area contributed by atoms with Crippen LogP contribution in [0, 0.1) is 0 Å². The van der Waals surface area contributed by atoms with Crippen molar-refractivity contribution in [2.45, 2.75) is 25.5 Å². The third-order valence-electron chi connectivity index (χ3n) is 6.08. The van der Waals surface area contributed by atoms with Crippen LogP contribution < -0.4 is 9.47 Å². The number of carbonyl (C=O) groups excluding carboxylic acids is 2. The number of benzene rings is 2.